The van der Waals surface area contributed by atoms with Crippen molar-refractivity contribution < 1.29 is 0 Å². The maximum atomic E-state index is 7.43. The third-order valence-electron chi connectivity index (χ3n) is 4.07. The molecule has 1 saturated carbocycles. The highest BCUT2D eigenvalue weighted by molar-refractivity contribution is 9.10. The lowest BCUT2D eigenvalue weighted by Crippen LogP contribution is -2.16. The van der Waals surface area contributed by atoms with Crippen LogP contribution in [-0.4, -0.2) is 9.78 Å². The Balaban J connectivity index is 2.05. The van der Waals surface area contributed by atoms with Crippen LogP contribution in [0, 0.1) is 6.57 Å². The van der Waals surface area contributed by atoms with Crippen LogP contribution in [0.25, 0.3) is 16.1 Å². The van der Waals surface area contributed by atoms with Crippen LogP contribution in [0.5, 0.6) is 0 Å². The van der Waals surface area contributed by atoms with Gasteiger partial charge in [0.25, 0.3) is 5.69 Å². The van der Waals surface area contributed by atoms with E-state index < -0.39 is 0 Å². The molecule has 1 aliphatic carbocycles. The second kappa shape index (κ2) is 5.90. The summed E-state index contributed by atoms with van der Waals surface area (Å²) in [5.74, 6) is 0.509. The monoisotopic (exact) mass is 344 g/mol. The summed E-state index contributed by atoms with van der Waals surface area (Å²) >= 11 is 3.43. The molecule has 1 heterocycles. The first-order chi connectivity index (χ1) is 10.2. The molecule has 108 valence electrons. The van der Waals surface area contributed by atoms with Crippen molar-refractivity contribution in [3.63, 3.8) is 0 Å². The van der Waals surface area contributed by atoms with E-state index in [4.69, 9.17) is 12.3 Å². The molecule has 5 heteroatoms. The molecule has 0 radical (unpaired) electrons. The summed E-state index contributed by atoms with van der Waals surface area (Å²) in [7, 11) is 0. The molecule has 21 heavy (non-hydrogen) atoms. The lowest BCUT2D eigenvalue weighted by molar-refractivity contribution is 0.334. The first kappa shape index (κ1) is 14.2. The molecular weight excluding hydrogens is 328 g/mol. The molecular formula is C16H17BrN4. The number of benzene rings is 1. The van der Waals surface area contributed by atoms with Gasteiger partial charge in [0, 0.05) is 4.47 Å². The quantitative estimate of drug-likeness (QED) is 0.783. The van der Waals surface area contributed by atoms with Crippen LogP contribution in [0.4, 0.5) is 11.5 Å². The Labute approximate surface area is 132 Å². The van der Waals surface area contributed by atoms with E-state index in [1.54, 1.807) is 0 Å². The summed E-state index contributed by atoms with van der Waals surface area (Å²) in [5.41, 5.74) is 8.30. The highest BCUT2D eigenvalue weighted by atomic mass is 79.9. The Kier molecular flexibility index (Phi) is 3.98. The average Bonchev–Trinajstić information content (AvgIpc) is 2.85. The fourth-order valence-electron chi connectivity index (χ4n) is 2.96. The first-order valence-electron chi connectivity index (χ1n) is 7.22. The van der Waals surface area contributed by atoms with E-state index in [1.807, 2.05) is 28.9 Å². The molecule has 1 aliphatic rings. The van der Waals surface area contributed by atoms with Gasteiger partial charge in [-0.05, 0) is 30.5 Å². The predicted octanol–water partition coefficient (Wildman–Crippen LogP) is 4.95. The van der Waals surface area contributed by atoms with Gasteiger partial charge in [0.05, 0.1) is 12.6 Å². The van der Waals surface area contributed by atoms with Gasteiger partial charge in [-0.1, -0.05) is 47.3 Å². The molecule has 0 aliphatic heterocycles. The van der Waals surface area contributed by atoms with Crippen molar-refractivity contribution in [1.29, 1.82) is 0 Å². The molecule has 0 amide bonds. The van der Waals surface area contributed by atoms with Gasteiger partial charge in [-0.3, -0.25) is 4.68 Å². The van der Waals surface area contributed by atoms with Gasteiger partial charge >= 0.3 is 0 Å². The molecule has 0 unspecified atom stereocenters. The summed E-state index contributed by atoms with van der Waals surface area (Å²) in [6.07, 6.45) is 5.91. The Morgan fingerprint density at radius 2 is 1.86 bits per heavy atom. The summed E-state index contributed by atoms with van der Waals surface area (Å²) < 4.78 is 2.89. The number of aromatic nitrogens is 2. The second-order valence-corrected chi connectivity index (χ2v) is 6.35. The number of hydrogen-bond donors (Lipinski definition) is 1. The molecule has 0 atom stereocenters. The average molecular weight is 345 g/mol. The lowest BCUT2D eigenvalue weighted by Gasteiger charge is -2.23. The third-order valence-corrected chi connectivity index (χ3v) is 4.60. The van der Waals surface area contributed by atoms with E-state index in [0.29, 0.717) is 23.2 Å². The van der Waals surface area contributed by atoms with Crippen molar-refractivity contribution >= 4 is 27.4 Å². The van der Waals surface area contributed by atoms with Crippen molar-refractivity contribution in [3.05, 3.63) is 40.2 Å². The van der Waals surface area contributed by atoms with Crippen LogP contribution >= 0.6 is 15.9 Å². The maximum Gasteiger partial charge on any atom is 0.254 e. The van der Waals surface area contributed by atoms with Gasteiger partial charge in [0.1, 0.15) is 11.5 Å². The number of hydrogen-bond acceptors (Lipinski definition) is 2. The van der Waals surface area contributed by atoms with Crippen LogP contribution in [0.15, 0.2) is 28.7 Å². The van der Waals surface area contributed by atoms with Gasteiger partial charge in [-0.2, -0.15) is 5.10 Å². The van der Waals surface area contributed by atoms with E-state index in [-0.39, 0.29) is 0 Å². The number of rotatable bonds is 2. The van der Waals surface area contributed by atoms with Crippen LogP contribution < -0.4 is 5.73 Å². The van der Waals surface area contributed by atoms with E-state index in [1.165, 1.54) is 19.3 Å². The van der Waals surface area contributed by atoms with Gasteiger partial charge < -0.3 is 5.73 Å². The van der Waals surface area contributed by atoms with E-state index in [0.717, 1.165) is 22.9 Å². The van der Waals surface area contributed by atoms with Gasteiger partial charge in [0.2, 0.25) is 0 Å². The second-order valence-electron chi connectivity index (χ2n) is 5.44. The molecule has 1 aromatic heterocycles. The third kappa shape index (κ3) is 2.68. The standard InChI is InChI=1S/C16H17BrN4/c1-19-15-14(11-7-9-12(17)10-8-11)20-21(16(15)18)13-5-3-2-4-6-13/h7-10,13H,2-6,18H2. The van der Waals surface area contributed by atoms with Gasteiger partial charge in [-0.15, -0.1) is 0 Å². The molecule has 3 rings (SSSR count). The highest BCUT2D eigenvalue weighted by Crippen LogP contribution is 2.39. The molecule has 2 N–H and O–H groups in total. The topological polar surface area (TPSA) is 48.2 Å². The lowest BCUT2D eigenvalue weighted by atomic mass is 9.96. The van der Waals surface area contributed by atoms with Crippen molar-refractivity contribution in [3.8, 4) is 11.3 Å². The van der Waals surface area contributed by atoms with E-state index in [9.17, 15) is 0 Å². The summed E-state index contributed by atoms with van der Waals surface area (Å²) in [4.78, 5) is 3.61. The van der Waals surface area contributed by atoms with Crippen molar-refractivity contribution in [2.75, 3.05) is 5.73 Å². The molecule has 0 spiro atoms. The Morgan fingerprint density at radius 1 is 1.19 bits per heavy atom. The minimum atomic E-state index is 0.337. The molecule has 1 fully saturated rings. The number of halogens is 1. The van der Waals surface area contributed by atoms with Crippen LogP contribution in [0.2, 0.25) is 0 Å². The Morgan fingerprint density at radius 3 is 2.48 bits per heavy atom. The minimum Gasteiger partial charge on any atom is -0.393 e. The Bertz CT molecular complexity index is 676. The number of nitrogen functional groups attached to an aromatic ring is 1. The molecule has 2 aromatic rings. The van der Waals surface area contributed by atoms with Crippen LogP contribution in [0.1, 0.15) is 38.1 Å². The molecule has 1 aromatic carbocycles. The zero-order valence-corrected chi connectivity index (χ0v) is 13.3. The zero-order chi connectivity index (χ0) is 14.8. The van der Waals surface area contributed by atoms with Crippen molar-refractivity contribution in [2.45, 2.75) is 38.1 Å². The highest BCUT2D eigenvalue weighted by Gasteiger charge is 2.23. The van der Waals surface area contributed by atoms with E-state index >= 15 is 0 Å². The van der Waals surface area contributed by atoms with Crippen LogP contribution in [-0.2, 0) is 0 Å². The van der Waals surface area contributed by atoms with Gasteiger partial charge in [-0.25, -0.2) is 4.85 Å². The molecule has 0 bridgehead atoms. The number of nitrogens with zero attached hydrogens (tertiary/aromatic N) is 3. The van der Waals surface area contributed by atoms with Crippen LogP contribution in [0.3, 0.4) is 0 Å². The normalized spacial score (nSPS) is 15.8. The fraction of sp³-hybridized carbons (Fsp3) is 0.375. The Hall–Kier alpha value is -1.80. The van der Waals surface area contributed by atoms with Crippen molar-refractivity contribution in [2.24, 2.45) is 0 Å². The summed E-state index contributed by atoms with van der Waals surface area (Å²) in [6, 6.07) is 8.18. The van der Waals surface area contributed by atoms with Crippen molar-refractivity contribution in [1.82, 2.24) is 9.78 Å². The molecule has 4 nitrogen and oxygen atoms in total. The SMILES string of the molecule is [C-]#[N+]c1c(-c2ccc(Br)cc2)nn(C2CCCCC2)c1N. The smallest absolute Gasteiger partial charge is 0.254 e. The fourth-order valence-corrected chi connectivity index (χ4v) is 3.22. The predicted molar refractivity (Wildman–Crippen MR) is 88.2 cm³/mol. The minimum absolute atomic E-state index is 0.337. The number of nitrogens with two attached hydrogens (primary N) is 1. The summed E-state index contributed by atoms with van der Waals surface area (Å²) in [5, 5.41) is 4.67. The van der Waals surface area contributed by atoms with E-state index in [2.05, 4.69) is 25.9 Å². The number of anilines is 1. The zero-order valence-electron chi connectivity index (χ0n) is 11.7. The van der Waals surface area contributed by atoms with Gasteiger partial charge in [0.15, 0.2) is 0 Å². The first-order valence-corrected chi connectivity index (χ1v) is 8.01. The largest absolute Gasteiger partial charge is 0.393 e. The molecule has 0 saturated heterocycles. The maximum absolute atomic E-state index is 7.43. The summed E-state index contributed by atoms with van der Waals surface area (Å²) in [6.45, 7) is 7.43.